The second-order valence-electron chi connectivity index (χ2n) is 8.61. The van der Waals surface area contributed by atoms with Gasteiger partial charge in [-0.2, -0.15) is 0 Å². The molecule has 0 aliphatic carbocycles. The zero-order valence-corrected chi connectivity index (χ0v) is 18.7. The molecule has 2 aromatic rings. The van der Waals surface area contributed by atoms with E-state index in [9.17, 15) is 4.79 Å². The number of amides is 1. The van der Waals surface area contributed by atoms with Crippen LogP contribution >= 0.6 is 0 Å². The number of ether oxygens (including phenoxy) is 1. The minimum atomic E-state index is 0.0786. The second kappa shape index (κ2) is 10.2. The molecule has 2 aliphatic rings. The van der Waals surface area contributed by atoms with E-state index in [1.54, 1.807) is 0 Å². The van der Waals surface area contributed by atoms with Crippen molar-refractivity contribution in [3.05, 3.63) is 41.5 Å². The Kier molecular flexibility index (Phi) is 7.19. The maximum atomic E-state index is 12.6. The zero-order chi connectivity index (χ0) is 21.6. The first kappa shape index (κ1) is 21.8. The van der Waals surface area contributed by atoms with E-state index in [-0.39, 0.29) is 11.8 Å². The van der Waals surface area contributed by atoms with Gasteiger partial charge in [-0.3, -0.25) is 9.69 Å². The number of nitrogens with one attached hydrogen (secondary N) is 1. The summed E-state index contributed by atoms with van der Waals surface area (Å²) in [5.74, 6) is 3.00. The van der Waals surface area contributed by atoms with Crippen LogP contribution in [0, 0.1) is 5.92 Å². The number of carbonyl (C=O) groups excluding carboxylic acids is 1. The van der Waals surface area contributed by atoms with E-state index in [0.717, 1.165) is 75.9 Å². The van der Waals surface area contributed by atoms with Gasteiger partial charge in [0, 0.05) is 39.1 Å². The number of piperidine rings is 1. The van der Waals surface area contributed by atoms with Crippen molar-refractivity contribution in [1.29, 1.82) is 0 Å². The Morgan fingerprint density at radius 1 is 1.16 bits per heavy atom. The molecule has 1 aromatic heterocycles. The zero-order valence-electron chi connectivity index (χ0n) is 18.7. The molecule has 1 atom stereocenters. The van der Waals surface area contributed by atoms with Crippen molar-refractivity contribution in [2.75, 3.05) is 39.8 Å². The smallest absolute Gasteiger partial charge is 0.224 e. The SMILES string of the molecule is CCOc1ccc(CN2CCc3nnc(CNC(=O)C4CCCN(C)C4)n3CC2)cc1. The lowest BCUT2D eigenvalue weighted by molar-refractivity contribution is -0.126. The Morgan fingerprint density at radius 2 is 2.00 bits per heavy atom. The van der Waals surface area contributed by atoms with Crippen molar-refractivity contribution in [1.82, 2.24) is 29.9 Å². The standard InChI is InChI=1S/C23H34N6O2/c1-3-31-20-8-6-18(7-9-20)16-28-12-10-21-25-26-22(29(21)14-13-28)15-24-23(30)19-5-4-11-27(2)17-19/h6-9,19H,3-5,10-17H2,1-2H3,(H,24,30). The van der Waals surface area contributed by atoms with E-state index in [0.29, 0.717) is 13.2 Å². The minimum Gasteiger partial charge on any atom is -0.494 e. The van der Waals surface area contributed by atoms with Gasteiger partial charge in [-0.25, -0.2) is 0 Å². The van der Waals surface area contributed by atoms with Crippen LogP contribution in [0.1, 0.15) is 37.0 Å². The van der Waals surface area contributed by atoms with Crippen LogP contribution < -0.4 is 10.1 Å². The van der Waals surface area contributed by atoms with Crippen LogP contribution in [0.25, 0.3) is 0 Å². The largest absolute Gasteiger partial charge is 0.494 e. The third-order valence-corrected chi connectivity index (χ3v) is 6.25. The molecular formula is C23H34N6O2. The van der Waals surface area contributed by atoms with Crippen LogP contribution in [0.15, 0.2) is 24.3 Å². The maximum Gasteiger partial charge on any atom is 0.224 e. The summed E-state index contributed by atoms with van der Waals surface area (Å²) in [6.45, 7) is 8.69. The highest BCUT2D eigenvalue weighted by atomic mass is 16.5. The van der Waals surface area contributed by atoms with Crippen LogP contribution in [-0.2, 0) is 30.8 Å². The number of benzene rings is 1. The average Bonchev–Trinajstić information content (AvgIpc) is 3.06. The molecule has 0 saturated carbocycles. The molecule has 0 bridgehead atoms. The van der Waals surface area contributed by atoms with Crippen LogP contribution in [0.5, 0.6) is 5.75 Å². The first-order valence-corrected chi connectivity index (χ1v) is 11.4. The normalized spacial score (nSPS) is 20.1. The summed E-state index contributed by atoms with van der Waals surface area (Å²) in [5.41, 5.74) is 1.28. The topological polar surface area (TPSA) is 75.5 Å². The first-order chi connectivity index (χ1) is 15.1. The summed E-state index contributed by atoms with van der Waals surface area (Å²) in [4.78, 5) is 17.3. The number of hydrogen-bond donors (Lipinski definition) is 1. The molecule has 1 N–H and O–H groups in total. The molecule has 0 radical (unpaired) electrons. The molecule has 8 heteroatoms. The Morgan fingerprint density at radius 3 is 2.77 bits per heavy atom. The molecule has 1 unspecified atom stereocenters. The molecular weight excluding hydrogens is 392 g/mol. The molecule has 1 amide bonds. The molecule has 1 saturated heterocycles. The van der Waals surface area contributed by atoms with Gasteiger partial charge in [-0.15, -0.1) is 10.2 Å². The van der Waals surface area contributed by atoms with Crippen LogP contribution in [-0.4, -0.2) is 70.3 Å². The van der Waals surface area contributed by atoms with Crippen LogP contribution in [0.3, 0.4) is 0 Å². The maximum absolute atomic E-state index is 12.6. The lowest BCUT2D eigenvalue weighted by Crippen LogP contribution is -2.41. The fourth-order valence-electron chi connectivity index (χ4n) is 4.52. The fourth-order valence-corrected chi connectivity index (χ4v) is 4.52. The number of likely N-dealkylation sites (tertiary alicyclic amines) is 1. The van der Waals surface area contributed by atoms with Crippen molar-refractivity contribution in [2.24, 2.45) is 5.92 Å². The van der Waals surface area contributed by atoms with Crippen molar-refractivity contribution in [3.63, 3.8) is 0 Å². The van der Waals surface area contributed by atoms with Crippen molar-refractivity contribution >= 4 is 5.91 Å². The van der Waals surface area contributed by atoms with Gasteiger partial charge in [0.1, 0.15) is 11.6 Å². The fraction of sp³-hybridized carbons (Fsp3) is 0.609. The summed E-state index contributed by atoms with van der Waals surface area (Å²) >= 11 is 0. The van der Waals surface area contributed by atoms with Gasteiger partial charge < -0.3 is 19.5 Å². The highest BCUT2D eigenvalue weighted by Gasteiger charge is 2.25. The molecule has 168 valence electrons. The second-order valence-corrected chi connectivity index (χ2v) is 8.61. The van der Waals surface area contributed by atoms with Crippen molar-refractivity contribution in [2.45, 2.75) is 45.8 Å². The highest BCUT2D eigenvalue weighted by Crippen LogP contribution is 2.17. The Hall–Kier alpha value is -2.45. The third-order valence-electron chi connectivity index (χ3n) is 6.25. The van der Waals surface area contributed by atoms with Gasteiger partial charge in [-0.1, -0.05) is 12.1 Å². The predicted octanol–water partition coefficient (Wildman–Crippen LogP) is 1.69. The molecule has 1 aromatic carbocycles. The van der Waals surface area contributed by atoms with Gasteiger partial charge in [0.15, 0.2) is 5.82 Å². The minimum absolute atomic E-state index is 0.0786. The highest BCUT2D eigenvalue weighted by molar-refractivity contribution is 5.78. The van der Waals surface area contributed by atoms with E-state index in [1.165, 1.54) is 5.56 Å². The van der Waals surface area contributed by atoms with Gasteiger partial charge in [-0.05, 0) is 51.1 Å². The molecule has 2 aliphatic heterocycles. The first-order valence-electron chi connectivity index (χ1n) is 11.4. The number of carbonyl (C=O) groups is 1. The van der Waals surface area contributed by atoms with Gasteiger partial charge in [0.25, 0.3) is 0 Å². The summed E-state index contributed by atoms with van der Waals surface area (Å²) in [6.07, 6.45) is 2.92. The summed E-state index contributed by atoms with van der Waals surface area (Å²) < 4.78 is 7.72. The molecule has 31 heavy (non-hydrogen) atoms. The average molecular weight is 427 g/mol. The van der Waals surface area contributed by atoms with Gasteiger partial charge in [0.05, 0.1) is 19.1 Å². The third kappa shape index (κ3) is 5.62. The summed E-state index contributed by atoms with van der Waals surface area (Å²) in [5, 5.41) is 11.9. The Labute approximate surface area is 184 Å². The summed E-state index contributed by atoms with van der Waals surface area (Å²) in [7, 11) is 2.08. The Balaban J connectivity index is 1.30. The Bertz CT molecular complexity index is 865. The number of aromatic nitrogens is 3. The molecule has 4 rings (SSSR count). The number of hydrogen-bond acceptors (Lipinski definition) is 6. The van der Waals surface area contributed by atoms with Crippen molar-refractivity contribution in [3.8, 4) is 5.75 Å². The van der Waals surface area contributed by atoms with E-state index in [1.807, 2.05) is 19.1 Å². The number of rotatable bonds is 7. The quantitative estimate of drug-likeness (QED) is 0.726. The molecule has 1 fully saturated rings. The van der Waals surface area contributed by atoms with E-state index in [2.05, 4.69) is 49.1 Å². The molecule has 8 nitrogen and oxygen atoms in total. The van der Waals surface area contributed by atoms with E-state index in [4.69, 9.17) is 4.74 Å². The van der Waals surface area contributed by atoms with Gasteiger partial charge >= 0.3 is 0 Å². The predicted molar refractivity (Wildman–Crippen MR) is 119 cm³/mol. The number of fused-ring (bicyclic) bond motifs is 1. The summed E-state index contributed by atoms with van der Waals surface area (Å²) in [6, 6.07) is 8.35. The van der Waals surface area contributed by atoms with Crippen molar-refractivity contribution < 1.29 is 9.53 Å². The van der Waals surface area contributed by atoms with E-state index >= 15 is 0 Å². The van der Waals surface area contributed by atoms with Crippen LogP contribution in [0.2, 0.25) is 0 Å². The number of nitrogens with zero attached hydrogens (tertiary/aromatic N) is 5. The molecule has 3 heterocycles. The van der Waals surface area contributed by atoms with E-state index < -0.39 is 0 Å². The lowest BCUT2D eigenvalue weighted by atomic mass is 9.98. The monoisotopic (exact) mass is 426 g/mol. The molecule has 0 spiro atoms. The lowest BCUT2D eigenvalue weighted by Gasteiger charge is -2.28. The van der Waals surface area contributed by atoms with Gasteiger partial charge in [0.2, 0.25) is 5.91 Å². The van der Waals surface area contributed by atoms with Crippen LogP contribution in [0.4, 0.5) is 0 Å².